The first kappa shape index (κ1) is 17.2. The van der Waals surface area contributed by atoms with E-state index in [1.807, 2.05) is 0 Å². The molecule has 0 unspecified atom stereocenters. The van der Waals surface area contributed by atoms with Crippen LogP contribution in [0.2, 0.25) is 0 Å². The molecule has 1 fully saturated rings. The molecule has 1 aromatic carbocycles. The smallest absolute Gasteiger partial charge is 0.341 e. The van der Waals surface area contributed by atoms with Gasteiger partial charge in [-0.05, 0) is 13.8 Å². The number of aromatic carboxylic acids is 1. The monoisotopic (exact) mass is 352 g/mol. The fourth-order valence-corrected chi connectivity index (χ4v) is 3.18. The molecule has 134 valence electrons. The quantitative estimate of drug-likeness (QED) is 0.713. The van der Waals surface area contributed by atoms with Crippen LogP contribution in [0.25, 0.3) is 10.9 Å². The number of aryl methyl sites for hydroxylation is 1. The van der Waals surface area contributed by atoms with Crippen molar-refractivity contribution in [3.05, 3.63) is 33.6 Å². The molecule has 2 atom stereocenters. The zero-order chi connectivity index (χ0) is 18.6. The van der Waals surface area contributed by atoms with E-state index >= 15 is 4.39 Å². The van der Waals surface area contributed by atoms with Crippen molar-refractivity contribution in [2.45, 2.75) is 32.5 Å². The molecule has 2 aromatic rings. The summed E-state index contributed by atoms with van der Waals surface area (Å²) in [5, 5.41) is 8.70. The molecule has 25 heavy (non-hydrogen) atoms. The number of nitrogen functional groups attached to an aromatic ring is 1. The molecule has 0 aliphatic carbocycles. The van der Waals surface area contributed by atoms with Gasteiger partial charge in [-0.2, -0.15) is 0 Å². The van der Waals surface area contributed by atoms with Gasteiger partial charge in [0.15, 0.2) is 11.6 Å². The maximum absolute atomic E-state index is 15.2. The highest BCUT2D eigenvalue weighted by atomic mass is 19.1. The highest BCUT2D eigenvalue weighted by Gasteiger charge is 2.38. The van der Waals surface area contributed by atoms with Gasteiger partial charge in [0, 0.05) is 31.4 Å². The topological polar surface area (TPSA) is 115 Å². The number of aromatic nitrogens is 1. The Balaban J connectivity index is 2.44. The van der Waals surface area contributed by atoms with Crippen LogP contribution in [0.1, 0.15) is 24.2 Å². The Kier molecular flexibility index (Phi) is 3.91. The normalized spacial score (nSPS) is 20.0. The van der Waals surface area contributed by atoms with Gasteiger partial charge in [-0.15, -0.1) is 0 Å². The van der Waals surface area contributed by atoms with Crippen molar-refractivity contribution in [3.63, 3.8) is 0 Å². The van der Waals surface area contributed by atoms with Crippen molar-refractivity contribution in [2.24, 2.45) is 5.73 Å². The van der Waals surface area contributed by atoms with Crippen LogP contribution in [-0.4, -0.2) is 34.3 Å². The van der Waals surface area contributed by atoms with Gasteiger partial charge in [-0.1, -0.05) is 0 Å². The number of rotatable bonds is 3. The Labute approximate surface area is 141 Å². The van der Waals surface area contributed by atoms with Crippen molar-refractivity contribution in [3.8, 4) is 0 Å². The van der Waals surface area contributed by atoms with Crippen LogP contribution in [0.15, 0.2) is 11.0 Å². The minimum Gasteiger partial charge on any atom is -0.477 e. The maximum Gasteiger partial charge on any atom is 0.341 e. The number of fused-ring (bicyclic) bond motifs is 1. The average molecular weight is 352 g/mol. The van der Waals surface area contributed by atoms with Crippen LogP contribution in [0.4, 0.5) is 20.2 Å². The largest absolute Gasteiger partial charge is 0.477 e. The summed E-state index contributed by atoms with van der Waals surface area (Å²) in [7, 11) is 0. The summed E-state index contributed by atoms with van der Waals surface area (Å²) in [6, 6.07) is -0.514. The lowest BCUT2D eigenvalue weighted by molar-refractivity contribution is 0.0695. The van der Waals surface area contributed by atoms with E-state index in [0.29, 0.717) is 0 Å². The van der Waals surface area contributed by atoms with E-state index in [9.17, 15) is 14.0 Å². The molecule has 1 aliphatic rings. The molecular weight excluding hydrogens is 334 g/mol. The second-order valence-corrected chi connectivity index (χ2v) is 6.13. The van der Waals surface area contributed by atoms with Crippen molar-refractivity contribution < 1.29 is 18.7 Å². The lowest BCUT2D eigenvalue weighted by Crippen LogP contribution is -2.63. The van der Waals surface area contributed by atoms with Crippen molar-refractivity contribution >= 4 is 28.2 Å². The standard InChI is InChI=1S/C16H18F2N4O3/c1-3-21-4-7(16(24)25)15(23)9-12(20)10(17)14(11(18)13(9)21)22-5-8(19)6(22)2/h4,6,8H,3,5,19-20H2,1-2H3,(H,24,25)/t6-,8+/m1/s1. The lowest BCUT2D eigenvalue weighted by atomic mass is 9.96. The number of hydrogen-bond donors (Lipinski definition) is 3. The third-order valence-corrected chi connectivity index (χ3v) is 4.79. The number of nitrogens with zero attached hydrogens (tertiary/aromatic N) is 2. The van der Waals surface area contributed by atoms with E-state index in [0.717, 1.165) is 6.20 Å². The molecule has 5 N–H and O–H groups in total. The summed E-state index contributed by atoms with van der Waals surface area (Å²) in [4.78, 5) is 25.1. The number of benzene rings is 1. The Bertz CT molecular complexity index is 957. The molecule has 1 aromatic heterocycles. The Morgan fingerprint density at radius 1 is 1.40 bits per heavy atom. The number of carbonyl (C=O) groups is 1. The second-order valence-electron chi connectivity index (χ2n) is 6.13. The molecule has 9 heteroatoms. The summed E-state index contributed by atoms with van der Waals surface area (Å²) in [5.41, 5.74) is 8.85. The van der Waals surface area contributed by atoms with Crippen LogP contribution >= 0.6 is 0 Å². The van der Waals surface area contributed by atoms with Crippen molar-refractivity contribution in [2.75, 3.05) is 17.2 Å². The van der Waals surface area contributed by atoms with E-state index in [-0.39, 0.29) is 36.4 Å². The third-order valence-electron chi connectivity index (χ3n) is 4.79. The summed E-state index contributed by atoms with van der Waals surface area (Å²) in [6.45, 7) is 3.81. The third kappa shape index (κ3) is 2.26. The van der Waals surface area contributed by atoms with Crippen molar-refractivity contribution in [1.82, 2.24) is 4.57 Å². The number of nitrogens with two attached hydrogens (primary N) is 2. The fraction of sp³-hybridized carbons (Fsp3) is 0.375. The first-order valence-corrected chi connectivity index (χ1v) is 7.79. The number of anilines is 2. The SMILES string of the molecule is CCn1cc(C(=O)O)c(=O)c2c(N)c(F)c(N3C[C@H](N)[C@H]3C)c(F)c21. The van der Waals surface area contributed by atoms with E-state index in [1.54, 1.807) is 13.8 Å². The first-order chi connectivity index (χ1) is 11.7. The molecule has 0 amide bonds. The van der Waals surface area contributed by atoms with E-state index in [2.05, 4.69) is 0 Å². The summed E-state index contributed by atoms with van der Waals surface area (Å²) < 4.78 is 31.2. The molecule has 0 saturated carbocycles. The predicted molar refractivity (Wildman–Crippen MR) is 90.0 cm³/mol. The Morgan fingerprint density at radius 3 is 2.52 bits per heavy atom. The summed E-state index contributed by atoms with van der Waals surface area (Å²) >= 11 is 0. The van der Waals surface area contributed by atoms with Gasteiger partial charge >= 0.3 is 5.97 Å². The lowest BCUT2D eigenvalue weighted by Gasteiger charge is -2.46. The molecule has 1 aliphatic heterocycles. The van der Waals surface area contributed by atoms with Gasteiger partial charge in [0.1, 0.15) is 11.3 Å². The van der Waals surface area contributed by atoms with Gasteiger partial charge in [0.25, 0.3) is 0 Å². The number of halogens is 2. The van der Waals surface area contributed by atoms with Gasteiger partial charge in [-0.25, -0.2) is 13.6 Å². The van der Waals surface area contributed by atoms with Crippen LogP contribution in [0.3, 0.4) is 0 Å². The first-order valence-electron chi connectivity index (χ1n) is 7.79. The average Bonchev–Trinajstić information content (AvgIpc) is 2.58. The molecule has 3 rings (SSSR count). The minimum atomic E-state index is -1.49. The highest BCUT2D eigenvalue weighted by Crippen LogP contribution is 2.38. The van der Waals surface area contributed by atoms with E-state index < -0.39 is 39.7 Å². The van der Waals surface area contributed by atoms with Crippen LogP contribution in [-0.2, 0) is 6.54 Å². The number of hydrogen-bond acceptors (Lipinski definition) is 5. The van der Waals surface area contributed by atoms with Gasteiger partial charge in [0.2, 0.25) is 5.43 Å². The number of carboxylic acid groups (broad SMARTS) is 1. The van der Waals surface area contributed by atoms with Crippen LogP contribution < -0.4 is 21.8 Å². The predicted octanol–water partition coefficient (Wildman–Crippen LogP) is 1.12. The van der Waals surface area contributed by atoms with Gasteiger partial charge in [-0.3, -0.25) is 4.79 Å². The van der Waals surface area contributed by atoms with Crippen molar-refractivity contribution in [1.29, 1.82) is 0 Å². The summed E-state index contributed by atoms with van der Waals surface area (Å²) in [6.07, 6.45) is 1.04. The molecule has 0 bridgehead atoms. The number of pyridine rings is 1. The molecule has 2 heterocycles. The molecule has 0 spiro atoms. The zero-order valence-electron chi connectivity index (χ0n) is 13.7. The maximum atomic E-state index is 15.2. The molecule has 7 nitrogen and oxygen atoms in total. The van der Waals surface area contributed by atoms with Gasteiger partial charge < -0.3 is 26.0 Å². The summed E-state index contributed by atoms with van der Waals surface area (Å²) in [5.74, 6) is -3.51. The van der Waals surface area contributed by atoms with E-state index in [1.165, 1.54) is 9.47 Å². The van der Waals surface area contributed by atoms with E-state index in [4.69, 9.17) is 16.6 Å². The molecule has 0 radical (unpaired) electrons. The number of carboxylic acids is 1. The van der Waals surface area contributed by atoms with Crippen LogP contribution in [0.5, 0.6) is 0 Å². The molecular formula is C16H18F2N4O3. The highest BCUT2D eigenvalue weighted by molar-refractivity contribution is 5.99. The van der Waals surface area contributed by atoms with Gasteiger partial charge in [0.05, 0.1) is 16.6 Å². The minimum absolute atomic E-state index is 0.174. The second kappa shape index (κ2) is 5.69. The Hall–Kier alpha value is -2.68. The fourth-order valence-electron chi connectivity index (χ4n) is 3.18. The molecule has 1 saturated heterocycles. The zero-order valence-corrected chi connectivity index (χ0v) is 13.7. The Morgan fingerprint density at radius 2 is 2.04 bits per heavy atom. The van der Waals surface area contributed by atoms with Crippen LogP contribution in [0, 0.1) is 11.6 Å².